The third-order valence-corrected chi connectivity index (χ3v) is 6.81. The van der Waals surface area contributed by atoms with Gasteiger partial charge in [0.15, 0.2) is 0 Å². The Morgan fingerprint density at radius 1 is 0.850 bits per heavy atom. The van der Waals surface area contributed by atoms with Crippen molar-refractivity contribution >= 4 is 21.6 Å². The van der Waals surface area contributed by atoms with E-state index in [2.05, 4.69) is 20.4 Å². The molecule has 0 spiro atoms. The molecule has 20 heavy (non-hydrogen) atoms. The fourth-order valence-corrected chi connectivity index (χ4v) is 5.73. The van der Waals surface area contributed by atoms with Crippen molar-refractivity contribution < 1.29 is 10.2 Å². The molecule has 2 heterocycles. The molecule has 2 unspecified atom stereocenters. The number of β-amino-alcohol motifs (C(OH)–C–C–N with tert-alkyl or cyclic N) is 2. The lowest BCUT2D eigenvalue weighted by Gasteiger charge is -2.38. The van der Waals surface area contributed by atoms with Crippen LogP contribution in [-0.2, 0) is 0 Å². The van der Waals surface area contributed by atoms with Gasteiger partial charge in [0.1, 0.15) is 0 Å². The third-order valence-electron chi connectivity index (χ3n) is 3.66. The number of hydrogen-bond acceptors (Lipinski definition) is 8. The fourth-order valence-electron chi connectivity index (χ4n) is 2.53. The number of nitrogens with zero attached hydrogens (tertiary/aromatic N) is 2. The highest BCUT2D eigenvalue weighted by Crippen LogP contribution is 2.35. The molecular formula is C12H26N4O2S2. The second-order valence-corrected chi connectivity index (χ2v) is 7.66. The molecule has 0 saturated carbocycles. The van der Waals surface area contributed by atoms with Crippen molar-refractivity contribution in [3.05, 3.63) is 0 Å². The smallest absolute Gasteiger partial charge is 0.0790 e. The molecule has 0 aromatic rings. The molecule has 0 radical (unpaired) electrons. The van der Waals surface area contributed by atoms with Crippen LogP contribution in [-0.4, -0.2) is 96.3 Å². The monoisotopic (exact) mass is 322 g/mol. The van der Waals surface area contributed by atoms with Gasteiger partial charge in [-0.25, -0.2) is 0 Å². The molecule has 0 bridgehead atoms. The van der Waals surface area contributed by atoms with Crippen molar-refractivity contribution in [2.75, 3.05) is 65.6 Å². The third kappa shape index (κ3) is 5.03. The average Bonchev–Trinajstić information content (AvgIpc) is 2.48. The maximum atomic E-state index is 9.14. The zero-order valence-electron chi connectivity index (χ0n) is 11.8. The molecule has 6 nitrogen and oxygen atoms in total. The van der Waals surface area contributed by atoms with Gasteiger partial charge < -0.3 is 20.8 Å². The molecule has 2 saturated heterocycles. The van der Waals surface area contributed by atoms with Crippen LogP contribution >= 0.6 is 21.6 Å². The van der Waals surface area contributed by atoms with Gasteiger partial charge in [-0.05, 0) is 0 Å². The van der Waals surface area contributed by atoms with Gasteiger partial charge in [0, 0.05) is 52.4 Å². The van der Waals surface area contributed by atoms with Crippen molar-refractivity contribution in [2.24, 2.45) is 0 Å². The number of aliphatic hydroxyl groups excluding tert-OH is 2. The molecule has 0 aliphatic carbocycles. The molecular weight excluding hydrogens is 296 g/mol. The van der Waals surface area contributed by atoms with Gasteiger partial charge in [-0.3, -0.25) is 9.80 Å². The normalized spacial score (nSPS) is 29.7. The van der Waals surface area contributed by atoms with Gasteiger partial charge in [-0.15, -0.1) is 0 Å². The highest BCUT2D eigenvalue weighted by molar-refractivity contribution is 8.77. The second-order valence-electron chi connectivity index (χ2n) is 5.03. The maximum Gasteiger partial charge on any atom is 0.0790 e. The van der Waals surface area contributed by atoms with Crippen molar-refractivity contribution in [3.63, 3.8) is 0 Å². The summed E-state index contributed by atoms with van der Waals surface area (Å²) in [4.78, 5) is 4.70. The largest absolute Gasteiger partial charge is 0.395 e. The molecule has 0 aromatic heterocycles. The summed E-state index contributed by atoms with van der Waals surface area (Å²) < 4.78 is 0. The molecule has 8 heteroatoms. The first-order chi connectivity index (χ1) is 9.85. The van der Waals surface area contributed by atoms with E-state index in [-0.39, 0.29) is 13.2 Å². The predicted molar refractivity (Wildman–Crippen MR) is 85.8 cm³/mol. The molecule has 2 aliphatic heterocycles. The number of hydrogen-bond donors (Lipinski definition) is 4. The van der Waals surface area contributed by atoms with E-state index in [0.29, 0.717) is 10.7 Å². The number of nitrogens with one attached hydrogen (secondary N) is 2. The van der Waals surface area contributed by atoms with Gasteiger partial charge >= 0.3 is 0 Å². The standard InChI is InChI=1S/C12H26N4O2S2/c17-7-5-15-3-1-13-9-11(15)19-20-12-10-14-2-4-16(12)6-8-18/h11-14,17-18H,1-10H2. The van der Waals surface area contributed by atoms with Crippen molar-refractivity contribution in [1.29, 1.82) is 0 Å². The van der Waals surface area contributed by atoms with E-state index in [1.54, 1.807) is 0 Å². The Kier molecular flexibility index (Phi) is 7.97. The zero-order chi connectivity index (χ0) is 14.2. The van der Waals surface area contributed by atoms with Gasteiger partial charge in [0.2, 0.25) is 0 Å². The summed E-state index contributed by atoms with van der Waals surface area (Å²) in [5.41, 5.74) is 0. The van der Waals surface area contributed by atoms with Crippen LogP contribution in [0, 0.1) is 0 Å². The Hall–Kier alpha value is 0.460. The summed E-state index contributed by atoms with van der Waals surface area (Å²) in [5, 5.41) is 26.0. The SMILES string of the molecule is OCCN1CCNCC1SSC1CNCCN1CCO. The molecule has 0 amide bonds. The van der Waals surface area contributed by atoms with E-state index in [9.17, 15) is 0 Å². The van der Waals surface area contributed by atoms with Crippen molar-refractivity contribution in [2.45, 2.75) is 10.7 Å². The minimum Gasteiger partial charge on any atom is -0.395 e. The van der Waals surface area contributed by atoms with E-state index in [4.69, 9.17) is 10.2 Å². The first-order valence-electron chi connectivity index (χ1n) is 7.28. The van der Waals surface area contributed by atoms with Gasteiger partial charge in [-0.2, -0.15) is 0 Å². The van der Waals surface area contributed by atoms with Gasteiger partial charge in [-0.1, -0.05) is 21.6 Å². The second kappa shape index (κ2) is 9.47. The predicted octanol–water partition coefficient (Wildman–Crippen LogP) is -1.18. The fraction of sp³-hybridized carbons (Fsp3) is 1.00. The Balaban J connectivity index is 1.79. The number of piperazine rings is 2. The van der Waals surface area contributed by atoms with Crippen LogP contribution in [0.4, 0.5) is 0 Å². The van der Waals surface area contributed by atoms with Crippen LogP contribution in [0.5, 0.6) is 0 Å². The highest BCUT2D eigenvalue weighted by Gasteiger charge is 2.27. The Labute approximate surface area is 129 Å². The van der Waals surface area contributed by atoms with Crippen LogP contribution in [0.25, 0.3) is 0 Å². The number of aliphatic hydroxyl groups is 2. The Morgan fingerprint density at radius 3 is 1.70 bits per heavy atom. The summed E-state index contributed by atoms with van der Waals surface area (Å²) in [6.45, 7) is 7.91. The van der Waals surface area contributed by atoms with E-state index >= 15 is 0 Å². The van der Waals surface area contributed by atoms with Gasteiger partial charge in [0.25, 0.3) is 0 Å². The topological polar surface area (TPSA) is 71.0 Å². The molecule has 118 valence electrons. The summed E-state index contributed by atoms with van der Waals surface area (Å²) in [7, 11) is 3.77. The maximum absolute atomic E-state index is 9.14. The quantitative estimate of drug-likeness (QED) is 0.437. The molecule has 2 rings (SSSR count). The minimum atomic E-state index is 0.226. The van der Waals surface area contributed by atoms with Crippen molar-refractivity contribution in [1.82, 2.24) is 20.4 Å². The molecule has 4 N–H and O–H groups in total. The Morgan fingerprint density at radius 2 is 1.30 bits per heavy atom. The lowest BCUT2D eigenvalue weighted by molar-refractivity contribution is 0.165. The molecule has 0 aromatic carbocycles. The summed E-state index contributed by atoms with van der Waals surface area (Å²) in [6, 6.07) is 0. The lowest BCUT2D eigenvalue weighted by Crippen LogP contribution is -2.52. The minimum absolute atomic E-state index is 0.226. The first-order valence-corrected chi connectivity index (χ1v) is 9.56. The van der Waals surface area contributed by atoms with Crippen LogP contribution in [0.1, 0.15) is 0 Å². The number of rotatable bonds is 7. The first kappa shape index (κ1) is 16.8. The van der Waals surface area contributed by atoms with Crippen LogP contribution in [0.15, 0.2) is 0 Å². The van der Waals surface area contributed by atoms with E-state index in [0.717, 1.165) is 52.4 Å². The van der Waals surface area contributed by atoms with Crippen LogP contribution < -0.4 is 10.6 Å². The van der Waals surface area contributed by atoms with E-state index < -0.39 is 0 Å². The highest BCUT2D eigenvalue weighted by atomic mass is 33.1. The average molecular weight is 323 g/mol. The zero-order valence-corrected chi connectivity index (χ0v) is 13.5. The summed E-state index contributed by atoms with van der Waals surface area (Å²) in [6.07, 6.45) is 0. The van der Waals surface area contributed by atoms with E-state index in [1.165, 1.54) is 0 Å². The van der Waals surface area contributed by atoms with Crippen LogP contribution in [0.3, 0.4) is 0 Å². The summed E-state index contributed by atoms with van der Waals surface area (Å²) in [5.74, 6) is 0. The van der Waals surface area contributed by atoms with Crippen LogP contribution in [0.2, 0.25) is 0 Å². The van der Waals surface area contributed by atoms with E-state index in [1.807, 2.05) is 21.6 Å². The molecule has 2 atom stereocenters. The Bertz CT molecular complexity index is 246. The summed E-state index contributed by atoms with van der Waals surface area (Å²) >= 11 is 0. The molecule has 2 aliphatic rings. The van der Waals surface area contributed by atoms with Crippen molar-refractivity contribution in [3.8, 4) is 0 Å². The van der Waals surface area contributed by atoms with Gasteiger partial charge in [0.05, 0.1) is 24.0 Å². The molecule has 2 fully saturated rings. The lowest BCUT2D eigenvalue weighted by atomic mass is 10.3.